The fraction of sp³-hybridized carbons (Fsp3) is 0.308. The van der Waals surface area contributed by atoms with Crippen LogP contribution in [0.2, 0.25) is 0 Å². The number of aromatic nitrogens is 1. The van der Waals surface area contributed by atoms with Gasteiger partial charge in [-0.1, -0.05) is 24.3 Å². The molecule has 1 N–H and O–H groups in total. The van der Waals surface area contributed by atoms with Crippen LogP contribution in [0.15, 0.2) is 36.0 Å². The van der Waals surface area contributed by atoms with Gasteiger partial charge in [0.15, 0.2) is 0 Å². The summed E-state index contributed by atoms with van der Waals surface area (Å²) in [5.74, 6) is 0. The summed E-state index contributed by atoms with van der Waals surface area (Å²) in [6.45, 7) is 2.16. The van der Waals surface area contributed by atoms with Crippen molar-refractivity contribution in [2.45, 2.75) is 19.4 Å². The van der Waals surface area contributed by atoms with Gasteiger partial charge < -0.3 is 5.32 Å². The molecule has 0 amide bonds. The molecule has 2 rings (SSSR count). The lowest BCUT2D eigenvalue weighted by molar-refractivity contribution is 0.593. The van der Waals surface area contributed by atoms with Crippen LogP contribution in [0.1, 0.15) is 22.0 Å². The molecule has 1 atom stereocenters. The fourth-order valence-electron chi connectivity index (χ4n) is 1.89. The van der Waals surface area contributed by atoms with E-state index in [-0.39, 0.29) is 0 Å². The van der Waals surface area contributed by atoms with E-state index in [9.17, 15) is 0 Å². The highest BCUT2D eigenvalue weighted by atomic mass is 32.1. The van der Waals surface area contributed by atoms with Crippen molar-refractivity contribution >= 4 is 11.3 Å². The van der Waals surface area contributed by atoms with Gasteiger partial charge in [-0.2, -0.15) is 0 Å². The van der Waals surface area contributed by atoms with Crippen molar-refractivity contribution in [2.24, 2.45) is 0 Å². The van der Waals surface area contributed by atoms with Crippen LogP contribution in [-0.2, 0) is 6.42 Å². The van der Waals surface area contributed by atoms with Crippen molar-refractivity contribution in [1.82, 2.24) is 10.3 Å². The molecule has 16 heavy (non-hydrogen) atoms. The maximum absolute atomic E-state index is 4.12. The van der Waals surface area contributed by atoms with Crippen LogP contribution in [0, 0.1) is 6.92 Å². The third-order valence-corrected chi connectivity index (χ3v) is 3.60. The van der Waals surface area contributed by atoms with Crippen LogP contribution in [0.3, 0.4) is 0 Å². The molecule has 0 aliphatic carbocycles. The first-order valence-electron chi connectivity index (χ1n) is 5.41. The minimum absolute atomic E-state index is 0.377. The molecule has 0 fully saturated rings. The SMILES string of the molecule is CNC(Cc1cncs1)c1ccccc1C. The Labute approximate surface area is 100 Å². The zero-order chi connectivity index (χ0) is 11.4. The van der Waals surface area contributed by atoms with Gasteiger partial charge in [-0.25, -0.2) is 0 Å². The first kappa shape index (κ1) is 11.3. The summed E-state index contributed by atoms with van der Waals surface area (Å²) in [4.78, 5) is 5.44. The number of hydrogen-bond donors (Lipinski definition) is 1. The van der Waals surface area contributed by atoms with Crippen LogP contribution in [0.5, 0.6) is 0 Å². The quantitative estimate of drug-likeness (QED) is 0.876. The van der Waals surface area contributed by atoms with E-state index in [2.05, 4.69) is 41.5 Å². The highest BCUT2D eigenvalue weighted by molar-refractivity contribution is 7.09. The molecule has 0 aliphatic rings. The third kappa shape index (κ3) is 2.49. The van der Waals surface area contributed by atoms with Gasteiger partial charge in [-0.05, 0) is 25.1 Å². The normalized spacial score (nSPS) is 12.6. The van der Waals surface area contributed by atoms with E-state index in [1.165, 1.54) is 16.0 Å². The van der Waals surface area contributed by atoms with Crippen molar-refractivity contribution in [2.75, 3.05) is 7.05 Å². The van der Waals surface area contributed by atoms with Gasteiger partial charge in [0.1, 0.15) is 0 Å². The number of nitrogens with zero attached hydrogens (tertiary/aromatic N) is 1. The van der Waals surface area contributed by atoms with Crippen LogP contribution in [0.25, 0.3) is 0 Å². The van der Waals surface area contributed by atoms with Gasteiger partial charge in [-0.15, -0.1) is 11.3 Å². The minimum atomic E-state index is 0.377. The Morgan fingerprint density at radius 1 is 1.38 bits per heavy atom. The number of thiazole rings is 1. The second-order valence-electron chi connectivity index (χ2n) is 3.87. The molecule has 1 heterocycles. The second-order valence-corrected chi connectivity index (χ2v) is 4.84. The summed E-state index contributed by atoms with van der Waals surface area (Å²) < 4.78 is 0. The smallest absolute Gasteiger partial charge is 0.0794 e. The van der Waals surface area contributed by atoms with Gasteiger partial charge in [0.2, 0.25) is 0 Å². The lowest BCUT2D eigenvalue weighted by Gasteiger charge is -2.17. The van der Waals surface area contributed by atoms with Crippen molar-refractivity contribution in [3.63, 3.8) is 0 Å². The lowest BCUT2D eigenvalue weighted by atomic mass is 9.98. The molecule has 1 aromatic heterocycles. The molecule has 0 saturated heterocycles. The fourth-order valence-corrected chi connectivity index (χ4v) is 2.53. The summed E-state index contributed by atoms with van der Waals surface area (Å²) >= 11 is 1.72. The Morgan fingerprint density at radius 3 is 2.81 bits per heavy atom. The summed E-state index contributed by atoms with van der Waals surface area (Å²) in [6, 6.07) is 8.91. The Morgan fingerprint density at radius 2 is 2.19 bits per heavy atom. The summed E-state index contributed by atoms with van der Waals surface area (Å²) in [5, 5.41) is 3.38. The Balaban J connectivity index is 2.20. The molecule has 0 radical (unpaired) electrons. The monoisotopic (exact) mass is 232 g/mol. The molecule has 0 spiro atoms. The van der Waals surface area contributed by atoms with Crippen molar-refractivity contribution in [1.29, 1.82) is 0 Å². The second kappa shape index (κ2) is 5.23. The molecule has 1 aromatic carbocycles. The molecule has 84 valence electrons. The Kier molecular flexibility index (Phi) is 3.70. The van der Waals surface area contributed by atoms with Crippen LogP contribution in [0.4, 0.5) is 0 Å². The van der Waals surface area contributed by atoms with Gasteiger partial charge in [0.25, 0.3) is 0 Å². The van der Waals surface area contributed by atoms with E-state index in [1.807, 2.05) is 18.8 Å². The summed E-state index contributed by atoms with van der Waals surface area (Å²) in [5.41, 5.74) is 4.60. The Bertz CT molecular complexity index is 437. The van der Waals surface area contributed by atoms with E-state index < -0.39 is 0 Å². The molecule has 0 bridgehead atoms. The average Bonchev–Trinajstić information content (AvgIpc) is 2.80. The van der Waals surface area contributed by atoms with Crippen molar-refractivity contribution in [3.05, 3.63) is 52.0 Å². The molecule has 3 heteroatoms. The van der Waals surface area contributed by atoms with Crippen LogP contribution >= 0.6 is 11.3 Å². The average molecular weight is 232 g/mol. The molecular formula is C13H16N2S. The zero-order valence-electron chi connectivity index (χ0n) is 9.60. The van der Waals surface area contributed by atoms with Gasteiger partial charge in [0.05, 0.1) is 5.51 Å². The van der Waals surface area contributed by atoms with Crippen molar-refractivity contribution in [3.8, 4) is 0 Å². The number of rotatable bonds is 4. The lowest BCUT2D eigenvalue weighted by Crippen LogP contribution is -2.19. The molecule has 2 aromatic rings. The first-order valence-corrected chi connectivity index (χ1v) is 6.29. The largest absolute Gasteiger partial charge is 0.313 e. The van der Waals surface area contributed by atoms with E-state index in [0.29, 0.717) is 6.04 Å². The predicted octanol–water partition coefficient (Wildman–Crippen LogP) is 2.95. The Hall–Kier alpha value is -1.19. The van der Waals surface area contributed by atoms with Gasteiger partial charge >= 0.3 is 0 Å². The van der Waals surface area contributed by atoms with Crippen molar-refractivity contribution < 1.29 is 0 Å². The standard InChI is InChI=1S/C13H16N2S/c1-10-5-3-4-6-12(10)13(14-2)7-11-8-15-9-16-11/h3-6,8-9,13-14H,7H2,1-2H3. The summed E-state index contributed by atoms with van der Waals surface area (Å²) in [6.07, 6.45) is 2.96. The topological polar surface area (TPSA) is 24.9 Å². The van der Waals surface area contributed by atoms with E-state index in [4.69, 9.17) is 0 Å². The van der Waals surface area contributed by atoms with Crippen LogP contribution in [-0.4, -0.2) is 12.0 Å². The maximum atomic E-state index is 4.12. The molecule has 0 saturated carbocycles. The minimum Gasteiger partial charge on any atom is -0.313 e. The number of nitrogens with one attached hydrogen (secondary N) is 1. The zero-order valence-corrected chi connectivity index (χ0v) is 10.4. The third-order valence-electron chi connectivity index (χ3n) is 2.80. The van der Waals surface area contributed by atoms with Crippen LogP contribution < -0.4 is 5.32 Å². The van der Waals surface area contributed by atoms with E-state index in [1.54, 1.807) is 11.3 Å². The predicted molar refractivity (Wildman–Crippen MR) is 68.8 cm³/mol. The molecule has 0 aliphatic heterocycles. The molecular weight excluding hydrogens is 216 g/mol. The van der Waals surface area contributed by atoms with Gasteiger partial charge in [0, 0.05) is 23.5 Å². The highest BCUT2D eigenvalue weighted by Crippen LogP contribution is 2.22. The van der Waals surface area contributed by atoms with E-state index >= 15 is 0 Å². The molecule has 1 unspecified atom stereocenters. The van der Waals surface area contributed by atoms with Gasteiger partial charge in [-0.3, -0.25) is 4.98 Å². The van der Waals surface area contributed by atoms with E-state index in [0.717, 1.165) is 6.42 Å². The number of likely N-dealkylation sites (N-methyl/N-ethyl adjacent to an activating group) is 1. The first-order chi connectivity index (χ1) is 7.81. The maximum Gasteiger partial charge on any atom is 0.0794 e. The number of hydrogen-bond acceptors (Lipinski definition) is 3. The highest BCUT2D eigenvalue weighted by Gasteiger charge is 2.12. The number of aryl methyl sites for hydroxylation is 1. The summed E-state index contributed by atoms with van der Waals surface area (Å²) in [7, 11) is 2.01. The molecule has 2 nitrogen and oxygen atoms in total. The number of benzene rings is 1.